The van der Waals surface area contributed by atoms with Crippen LogP contribution in [0, 0.1) is 25.7 Å². The summed E-state index contributed by atoms with van der Waals surface area (Å²) < 4.78 is 0. The van der Waals surface area contributed by atoms with Gasteiger partial charge in [-0.15, -0.1) is 0 Å². The fraction of sp³-hybridized carbons (Fsp3) is 0.318. The molecule has 4 atom stereocenters. The van der Waals surface area contributed by atoms with Gasteiger partial charge >= 0.3 is 0 Å². The average molecular weight is 442 g/mol. The van der Waals surface area contributed by atoms with Crippen LogP contribution >= 0.6 is 11.6 Å². The lowest BCUT2D eigenvalue weighted by atomic mass is 9.81. The molecule has 162 valence electrons. The molecule has 0 saturated carbocycles. The number of hydrogen-bond donors (Lipinski definition) is 5. The molecule has 0 aliphatic carbocycles. The van der Waals surface area contributed by atoms with Crippen LogP contribution in [-0.2, 0) is 14.4 Å². The Balaban J connectivity index is 1.48. The van der Waals surface area contributed by atoms with Gasteiger partial charge in [-0.3, -0.25) is 19.7 Å². The largest absolute Gasteiger partial charge is 0.353 e. The Labute approximate surface area is 185 Å². The van der Waals surface area contributed by atoms with Crippen molar-refractivity contribution in [1.29, 1.82) is 0 Å². The number of amides is 3. The average Bonchev–Trinajstić information content (AvgIpc) is 2.71. The van der Waals surface area contributed by atoms with Crippen molar-refractivity contribution in [3.05, 3.63) is 58.6 Å². The van der Waals surface area contributed by atoms with Crippen LogP contribution in [0.2, 0.25) is 5.02 Å². The quantitative estimate of drug-likeness (QED) is 0.499. The van der Waals surface area contributed by atoms with Gasteiger partial charge < -0.3 is 21.3 Å². The second kappa shape index (κ2) is 8.56. The molecule has 31 heavy (non-hydrogen) atoms. The lowest BCUT2D eigenvalue weighted by molar-refractivity contribution is -0.144. The van der Waals surface area contributed by atoms with Gasteiger partial charge in [-0.2, -0.15) is 0 Å². The summed E-state index contributed by atoms with van der Waals surface area (Å²) in [4.78, 5) is 38.2. The zero-order valence-corrected chi connectivity index (χ0v) is 17.9. The minimum Gasteiger partial charge on any atom is -0.353 e. The summed E-state index contributed by atoms with van der Waals surface area (Å²) in [6.45, 7) is 3.85. The van der Waals surface area contributed by atoms with Crippen molar-refractivity contribution in [2.75, 3.05) is 10.6 Å². The second-order valence-corrected chi connectivity index (χ2v) is 8.36. The summed E-state index contributed by atoms with van der Waals surface area (Å²) in [5.74, 6) is -2.55. The van der Waals surface area contributed by atoms with Crippen LogP contribution in [0.1, 0.15) is 17.5 Å². The fourth-order valence-electron chi connectivity index (χ4n) is 3.88. The number of rotatable bonds is 4. The molecule has 4 rings (SSSR count). The van der Waals surface area contributed by atoms with Crippen LogP contribution in [0.25, 0.3) is 0 Å². The highest BCUT2D eigenvalue weighted by molar-refractivity contribution is 6.31. The Hall–Kier alpha value is -3.10. The highest BCUT2D eigenvalue weighted by atomic mass is 35.5. The Morgan fingerprint density at radius 1 is 1.03 bits per heavy atom. The van der Waals surface area contributed by atoms with E-state index in [4.69, 9.17) is 11.6 Å². The second-order valence-electron chi connectivity index (χ2n) is 7.95. The number of carbonyl (C=O) groups excluding carboxylic acids is 3. The maximum atomic E-state index is 13.0. The molecule has 0 bridgehead atoms. The normalized spacial score (nSPS) is 25.1. The van der Waals surface area contributed by atoms with Gasteiger partial charge in [0.05, 0.1) is 18.0 Å². The first-order chi connectivity index (χ1) is 14.8. The predicted octanol–water partition coefficient (Wildman–Crippen LogP) is 2.09. The standard InChI is InChI=1S/C22H24ClN5O3/c1-11-3-6-13(7-4-11)25-22-27-19-18(21(31)28-22)15(10-17(29)26-19)20(30)24-14-8-5-12(2)16(23)9-14/h3-9,15,18-19,22,25,27H,10H2,1-2H3,(H,24,30)(H,26,29)(H,28,31). The molecule has 5 N–H and O–H groups in total. The van der Waals surface area contributed by atoms with E-state index in [1.165, 1.54) is 0 Å². The van der Waals surface area contributed by atoms with Crippen LogP contribution in [0.3, 0.4) is 0 Å². The van der Waals surface area contributed by atoms with Crippen molar-refractivity contribution in [2.24, 2.45) is 11.8 Å². The van der Waals surface area contributed by atoms with Gasteiger partial charge in [-0.1, -0.05) is 35.4 Å². The molecule has 0 spiro atoms. The van der Waals surface area contributed by atoms with E-state index in [1.807, 2.05) is 38.1 Å². The SMILES string of the molecule is Cc1ccc(NC2NC(=O)C3C(NC(=O)CC3C(=O)Nc3ccc(C)c(Cl)c3)N2)cc1. The summed E-state index contributed by atoms with van der Waals surface area (Å²) in [6, 6.07) is 12.9. The number of piperidine rings is 1. The molecule has 2 fully saturated rings. The van der Waals surface area contributed by atoms with Gasteiger partial charge in [0, 0.05) is 22.8 Å². The minimum atomic E-state index is -0.813. The number of halogens is 1. The smallest absolute Gasteiger partial charge is 0.229 e. The lowest BCUT2D eigenvalue weighted by Gasteiger charge is -2.43. The topological polar surface area (TPSA) is 111 Å². The van der Waals surface area contributed by atoms with E-state index in [0.717, 1.165) is 16.8 Å². The number of hydrogen-bond acceptors (Lipinski definition) is 5. The van der Waals surface area contributed by atoms with Gasteiger partial charge in [0.1, 0.15) is 0 Å². The maximum Gasteiger partial charge on any atom is 0.229 e. The minimum absolute atomic E-state index is 0.0717. The molecule has 9 heteroatoms. The zero-order chi connectivity index (χ0) is 22.1. The summed E-state index contributed by atoms with van der Waals surface area (Å²) in [6.07, 6.45) is -1.33. The molecule has 0 aromatic heterocycles. The van der Waals surface area contributed by atoms with Crippen LogP contribution in [0.15, 0.2) is 42.5 Å². The third-order valence-electron chi connectivity index (χ3n) is 5.59. The third kappa shape index (κ3) is 4.65. The molecule has 2 aromatic rings. The molecule has 2 aromatic carbocycles. The highest BCUT2D eigenvalue weighted by Crippen LogP contribution is 2.29. The molecule has 8 nitrogen and oxygen atoms in total. The van der Waals surface area contributed by atoms with Gasteiger partial charge in [0.2, 0.25) is 17.7 Å². The molecule has 3 amide bonds. The van der Waals surface area contributed by atoms with E-state index >= 15 is 0 Å². The van der Waals surface area contributed by atoms with E-state index in [2.05, 4.69) is 26.6 Å². The first-order valence-electron chi connectivity index (χ1n) is 10.1. The van der Waals surface area contributed by atoms with Crippen LogP contribution in [0.5, 0.6) is 0 Å². The van der Waals surface area contributed by atoms with E-state index < -0.39 is 30.2 Å². The van der Waals surface area contributed by atoms with Crippen molar-refractivity contribution in [3.63, 3.8) is 0 Å². The van der Waals surface area contributed by atoms with Crippen molar-refractivity contribution in [1.82, 2.24) is 16.0 Å². The molecule has 4 unspecified atom stereocenters. The molecule has 2 aliphatic rings. The zero-order valence-electron chi connectivity index (χ0n) is 17.2. The number of carbonyl (C=O) groups is 3. The van der Waals surface area contributed by atoms with Crippen LogP contribution in [-0.4, -0.2) is 30.2 Å². The fourth-order valence-corrected chi connectivity index (χ4v) is 4.06. The molecule has 0 radical (unpaired) electrons. The Bertz CT molecular complexity index is 1030. The highest BCUT2D eigenvalue weighted by Gasteiger charge is 2.48. The summed E-state index contributed by atoms with van der Waals surface area (Å²) in [5.41, 5.74) is 3.34. The van der Waals surface area contributed by atoms with Crippen molar-refractivity contribution >= 4 is 40.7 Å². The molecule has 2 heterocycles. The first kappa shape index (κ1) is 21.1. The van der Waals surface area contributed by atoms with Crippen molar-refractivity contribution in [3.8, 4) is 0 Å². The Morgan fingerprint density at radius 2 is 1.74 bits per heavy atom. The molecule has 2 saturated heterocycles. The van der Waals surface area contributed by atoms with E-state index in [-0.39, 0.29) is 18.2 Å². The van der Waals surface area contributed by atoms with Crippen molar-refractivity contribution in [2.45, 2.75) is 32.7 Å². The van der Waals surface area contributed by atoms with E-state index in [1.54, 1.807) is 18.2 Å². The van der Waals surface area contributed by atoms with Crippen molar-refractivity contribution < 1.29 is 14.4 Å². The number of anilines is 2. The Morgan fingerprint density at radius 3 is 2.45 bits per heavy atom. The van der Waals surface area contributed by atoms with Gasteiger partial charge in [0.25, 0.3) is 0 Å². The summed E-state index contributed by atoms with van der Waals surface area (Å²) >= 11 is 6.13. The molecular formula is C22H24ClN5O3. The molecular weight excluding hydrogens is 418 g/mol. The number of aryl methyl sites for hydroxylation is 2. The third-order valence-corrected chi connectivity index (χ3v) is 6.00. The van der Waals surface area contributed by atoms with Gasteiger partial charge in [-0.05, 0) is 43.7 Å². The monoisotopic (exact) mass is 441 g/mol. The summed E-state index contributed by atoms with van der Waals surface area (Å²) in [5, 5.41) is 15.3. The summed E-state index contributed by atoms with van der Waals surface area (Å²) in [7, 11) is 0. The number of benzene rings is 2. The first-order valence-corrected chi connectivity index (χ1v) is 10.4. The Kier molecular flexibility index (Phi) is 5.84. The lowest BCUT2D eigenvalue weighted by Crippen LogP contribution is -2.72. The maximum absolute atomic E-state index is 13.0. The van der Waals surface area contributed by atoms with Gasteiger partial charge in [-0.25, -0.2) is 0 Å². The van der Waals surface area contributed by atoms with E-state index in [9.17, 15) is 14.4 Å². The number of nitrogens with one attached hydrogen (secondary N) is 5. The number of fused-ring (bicyclic) bond motifs is 1. The van der Waals surface area contributed by atoms with E-state index in [0.29, 0.717) is 10.7 Å². The van der Waals surface area contributed by atoms with Gasteiger partial charge in [0.15, 0.2) is 6.29 Å². The molecule has 2 aliphatic heterocycles. The van der Waals surface area contributed by atoms with Crippen LogP contribution in [0.4, 0.5) is 11.4 Å². The van der Waals surface area contributed by atoms with Crippen LogP contribution < -0.4 is 26.6 Å². The predicted molar refractivity (Wildman–Crippen MR) is 118 cm³/mol.